The number of β-lactam (4-membered cyclic amide) rings is 1. The Morgan fingerprint density at radius 3 is 2.79 bits per heavy atom. The van der Waals surface area contributed by atoms with Gasteiger partial charge in [0.05, 0.1) is 26.1 Å². The van der Waals surface area contributed by atoms with Gasteiger partial charge in [-0.1, -0.05) is 5.22 Å². The van der Waals surface area contributed by atoms with Crippen LogP contribution < -0.4 is 0 Å². The fourth-order valence-electron chi connectivity index (χ4n) is 2.97. The van der Waals surface area contributed by atoms with Gasteiger partial charge in [-0.05, 0) is 6.92 Å². The lowest BCUT2D eigenvalue weighted by atomic mass is 9.97. The molecule has 0 unspecified atom stereocenters. The monoisotopic (exact) mass is 286 g/mol. The predicted octanol–water partition coefficient (Wildman–Crippen LogP) is -1.02. The van der Waals surface area contributed by atoms with E-state index in [0.29, 0.717) is 19.4 Å². The second kappa shape index (κ2) is 3.75. The number of carbonyl (C=O) groups is 2. The standard InChI is InChI=1S/C10H14N4O4S/c1-10(6-13-3-2-11-12-13)7(5-15)14-8(16)4-9(14)19(10,17)18/h5,7,9H,2-4,6H2,1H3/t7-,9+,10-/m0/s1. The lowest BCUT2D eigenvalue weighted by Crippen LogP contribution is -2.56. The molecular weight excluding hydrogens is 272 g/mol. The lowest BCUT2D eigenvalue weighted by molar-refractivity contribution is -0.146. The largest absolute Gasteiger partial charge is 0.313 e. The Kier molecular flexibility index (Phi) is 2.47. The van der Waals surface area contributed by atoms with E-state index in [1.807, 2.05) is 0 Å². The van der Waals surface area contributed by atoms with Gasteiger partial charge in [-0.25, -0.2) is 8.42 Å². The summed E-state index contributed by atoms with van der Waals surface area (Å²) in [4.78, 5) is 24.0. The molecule has 2 saturated heterocycles. The first-order valence-electron chi connectivity index (χ1n) is 6.04. The summed E-state index contributed by atoms with van der Waals surface area (Å²) in [5.74, 6) is -0.280. The maximum absolute atomic E-state index is 12.5. The van der Waals surface area contributed by atoms with Crippen LogP contribution in [0.5, 0.6) is 0 Å². The van der Waals surface area contributed by atoms with Gasteiger partial charge in [-0.3, -0.25) is 9.80 Å². The molecule has 0 aliphatic carbocycles. The third-order valence-electron chi connectivity index (χ3n) is 4.15. The molecule has 3 rings (SSSR count). The van der Waals surface area contributed by atoms with E-state index in [9.17, 15) is 18.0 Å². The zero-order valence-corrected chi connectivity index (χ0v) is 11.2. The fraction of sp³-hybridized carbons (Fsp3) is 0.800. The van der Waals surface area contributed by atoms with Crippen molar-refractivity contribution in [3.63, 3.8) is 0 Å². The van der Waals surface area contributed by atoms with Crippen molar-refractivity contribution < 1.29 is 18.0 Å². The number of hydrogen-bond acceptors (Lipinski definition) is 7. The molecule has 3 aliphatic heterocycles. The van der Waals surface area contributed by atoms with Crippen molar-refractivity contribution in [3.8, 4) is 0 Å². The van der Waals surface area contributed by atoms with Crippen LogP contribution in [-0.4, -0.2) is 66.3 Å². The summed E-state index contributed by atoms with van der Waals surface area (Å²) in [5.41, 5.74) is 0. The Morgan fingerprint density at radius 1 is 1.53 bits per heavy atom. The molecule has 0 aromatic rings. The minimum Gasteiger partial charge on any atom is -0.313 e. The normalized spacial score (nSPS) is 39.3. The maximum Gasteiger partial charge on any atom is 0.227 e. The van der Waals surface area contributed by atoms with Crippen molar-refractivity contribution in [2.45, 2.75) is 29.5 Å². The Balaban J connectivity index is 1.99. The van der Waals surface area contributed by atoms with Gasteiger partial charge >= 0.3 is 0 Å². The molecule has 1 amide bonds. The number of rotatable bonds is 3. The quantitative estimate of drug-likeness (QED) is 0.488. The summed E-state index contributed by atoms with van der Waals surface area (Å²) >= 11 is 0. The molecule has 0 radical (unpaired) electrons. The average molecular weight is 286 g/mol. The van der Waals surface area contributed by atoms with E-state index in [2.05, 4.69) is 10.3 Å². The second-order valence-corrected chi connectivity index (χ2v) is 7.81. The van der Waals surface area contributed by atoms with E-state index in [-0.39, 0.29) is 18.9 Å². The maximum atomic E-state index is 12.5. The van der Waals surface area contributed by atoms with Crippen LogP contribution in [0.4, 0.5) is 0 Å². The SMILES string of the molecule is C[C@]1(CN2CCN=N2)[C@H](C=O)N2C(=O)C[C@H]2S1(=O)=O. The highest BCUT2D eigenvalue weighted by molar-refractivity contribution is 7.93. The highest BCUT2D eigenvalue weighted by Gasteiger charge is 2.67. The summed E-state index contributed by atoms with van der Waals surface area (Å²) in [6.07, 6.45) is 0.533. The number of fused-ring (bicyclic) bond motifs is 1. The summed E-state index contributed by atoms with van der Waals surface area (Å²) < 4.78 is 23.7. The van der Waals surface area contributed by atoms with Gasteiger partial charge in [-0.15, -0.1) is 0 Å². The minimum absolute atomic E-state index is 0.0240. The van der Waals surface area contributed by atoms with Crippen molar-refractivity contribution in [2.24, 2.45) is 10.3 Å². The predicted molar refractivity (Wildman–Crippen MR) is 63.7 cm³/mol. The molecule has 2 fully saturated rings. The summed E-state index contributed by atoms with van der Waals surface area (Å²) in [6.45, 7) is 2.66. The van der Waals surface area contributed by atoms with Gasteiger partial charge in [0.2, 0.25) is 5.91 Å². The molecule has 0 bridgehead atoms. The summed E-state index contributed by atoms with van der Waals surface area (Å²) in [7, 11) is -3.58. The molecule has 3 aliphatic rings. The summed E-state index contributed by atoms with van der Waals surface area (Å²) in [5, 5.41) is 8.33. The molecule has 8 nitrogen and oxygen atoms in total. The van der Waals surface area contributed by atoms with Crippen LogP contribution >= 0.6 is 0 Å². The van der Waals surface area contributed by atoms with E-state index in [0.717, 1.165) is 0 Å². The molecule has 3 atom stereocenters. The van der Waals surface area contributed by atoms with Crippen LogP contribution in [0.25, 0.3) is 0 Å². The van der Waals surface area contributed by atoms with Crippen molar-refractivity contribution in [2.75, 3.05) is 19.6 Å². The van der Waals surface area contributed by atoms with E-state index in [1.54, 1.807) is 5.01 Å². The van der Waals surface area contributed by atoms with Crippen LogP contribution in [0.2, 0.25) is 0 Å². The number of sulfone groups is 1. The van der Waals surface area contributed by atoms with Crippen LogP contribution in [0.1, 0.15) is 13.3 Å². The molecule has 3 heterocycles. The fourth-order valence-corrected chi connectivity index (χ4v) is 5.34. The van der Waals surface area contributed by atoms with Crippen molar-refractivity contribution in [1.29, 1.82) is 0 Å². The third-order valence-corrected chi connectivity index (χ3v) is 6.93. The molecule has 0 saturated carbocycles. The number of hydrogen-bond donors (Lipinski definition) is 0. The number of nitrogens with zero attached hydrogens (tertiary/aromatic N) is 4. The summed E-state index contributed by atoms with van der Waals surface area (Å²) in [6, 6.07) is -0.931. The van der Waals surface area contributed by atoms with Gasteiger partial charge < -0.3 is 9.69 Å². The number of amides is 1. The molecule has 19 heavy (non-hydrogen) atoms. The molecule has 0 N–H and O–H groups in total. The van der Waals surface area contributed by atoms with Crippen LogP contribution in [-0.2, 0) is 19.4 Å². The second-order valence-electron chi connectivity index (χ2n) is 5.24. The van der Waals surface area contributed by atoms with E-state index in [4.69, 9.17) is 0 Å². The van der Waals surface area contributed by atoms with Gasteiger partial charge in [0.1, 0.15) is 22.4 Å². The molecule has 0 aromatic carbocycles. The average Bonchev–Trinajstić information content (AvgIpc) is 2.87. The molecule has 0 spiro atoms. The van der Waals surface area contributed by atoms with Crippen LogP contribution in [0.3, 0.4) is 0 Å². The first-order chi connectivity index (χ1) is 8.91. The van der Waals surface area contributed by atoms with Gasteiger partial charge in [0.25, 0.3) is 0 Å². The first-order valence-corrected chi connectivity index (χ1v) is 7.59. The van der Waals surface area contributed by atoms with Crippen molar-refractivity contribution in [3.05, 3.63) is 0 Å². The van der Waals surface area contributed by atoms with Crippen molar-refractivity contribution >= 4 is 22.0 Å². The van der Waals surface area contributed by atoms with E-state index in [1.165, 1.54) is 11.8 Å². The van der Waals surface area contributed by atoms with Crippen LogP contribution in [0.15, 0.2) is 10.3 Å². The lowest BCUT2D eigenvalue weighted by Gasteiger charge is -2.35. The highest BCUT2D eigenvalue weighted by atomic mass is 32.2. The smallest absolute Gasteiger partial charge is 0.227 e. The first kappa shape index (κ1) is 12.5. The third kappa shape index (κ3) is 1.41. The Hall–Kier alpha value is -1.51. The Morgan fingerprint density at radius 2 is 2.26 bits per heavy atom. The molecule has 9 heteroatoms. The highest BCUT2D eigenvalue weighted by Crippen LogP contribution is 2.45. The Bertz CT molecular complexity index is 574. The van der Waals surface area contributed by atoms with Gasteiger partial charge in [0.15, 0.2) is 9.84 Å². The molecular formula is C10H14N4O4S. The Labute approximate surface area is 110 Å². The van der Waals surface area contributed by atoms with E-state index >= 15 is 0 Å². The number of aldehydes is 1. The van der Waals surface area contributed by atoms with Crippen LogP contribution in [0, 0.1) is 0 Å². The zero-order valence-electron chi connectivity index (χ0n) is 10.4. The van der Waals surface area contributed by atoms with Gasteiger partial charge in [-0.2, -0.15) is 5.11 Å². The molecule has 0 aromatic heterocycles. The van der Waals surface area contributed by atoms with Crippen molar-refractivity contribution in [1.82, 2.24) is 9.91 Å². The zero-order chi connectivity index (χ0) is 13.8. The van der Waals surface area contributed by atoms with Gasteiger partial charge in [0, 0.05) is 0 Å². The molecule has 104 valence electrons. The number of carbonyl (C=O) groups excluding carboxylic acids is 2. The van der Waals surface area contributed by atoms with E-state index < -0.39 is 26.0 Å². The minimum atomic E-state index is -3.58. The topological polar surface area (TPSA) is 99.5 Å².